The van der Waals surface area contributed by atoms with Gasteiger partial charge in [0.1, 0.15) is 13.1 Å². The summed E-state index contributed by atoms with van der Waals surface area (Å²) < 4.78 is 3.26. The van der Waals surface area contributed by atoms with Crippen LogP contribution in [0.1, 0.15) is 187 Å². The molecule has 332 valence electrons. The average molecular weight is 821 g/mol. The molecule has 0 saturated heterocycles. The maximum Gasteiger partial charge on any atom is 0.242 e. The minimum Gasteiger partial charge on any atom is -0.503 e. The molecule has 0 aliphatic carbocycles. The number of aromatic hydroxyl groups is 2. The fourth-order valence-electron chi connectivity index (χ4n) is 8.50. The average Bonchev–Trinajstić information content (AvgIpc) is 3.21. The monoisotopic (exact) mass is 821 g/mol. The second-order valence-electron chi connectivity index (χ2n) is 17.1. The van der Waals surface area contributed by atoms with E-state index in [1.54, 1.807) is 16.1 Å². The van der Waals surface area contributed by atoms with Gasteiger partial charge in [-0.15, -0.1) is 0 Å². The lowest BCUT2D eigenvalue weighted by molar-refractivity contribution is -0.132. The van der Waals surface area contributed by atoms with Crippen LogP contribution in [0.5, 0.6) is 11.5 Å². The molecule has 2 aromatic heterocycles. The minimum atomic E-state index is -0.654. The number of carbonyl (C=O) groups excluding carboxylic acids is 2. The highest BCUT2D eigenvalue weighted by Gasteiger charge is 2.23. The Hall–Kier alpha value is -3.82. The second kappa shape index (κ2) is 27.8. The first-order valence-electron chi connectivity index (χ1n) is 23.8. The van der Waals surface area contributed by atoms with Crippen molar-refractivity contribution in [3.05, 3.63) is 44.5 Å². The summed E-state index contributed by atoms with van der Waals surface area (Å²) in [4.78, 5) is 59.3. The molecule has 0 fully saturated rings. The van der Waals surface area contributed by atoms with E-state index in [1.165, 1.54) is 95.5 Å². The van der Waals surface area contributed by atoms with Crippen molar-refractivity contribution in [2.75, 3.05) is 26.2 Å². The van der Waals surface area contributed by atoms with Gasteiger partial charge in [-0.05, 0) is 44.2 Å². The van der Waals surface area contributed by atoms with E-state index in [-0.39, 0.29) is 35.7 Å². The van der Waals surface area contributed by atoms with Crippen LogP contribution in [0.25, 0.3) is 21.8 Å². The van der Waals surface area contributed by atoms with E-state index in [0.717, 1.165) is 77.0 Å². The van der Waals surface area contributed by atoms with Crippen LogP contribution < -0.4 is 10.9 Å². The van der Waals surface area contributed by atoms with Crippen LogP contribution in [0, 0.1) is 6.92 Å². The van der Waals surface area contributed by atoms with Crippen LogP contribution in [0.4, 0.5) is 0 Å². The number of amides is 2. The first kappa shape index (κ1) is 49.5. The van der Waals surface area contributed by atoms with Crippen molar-refractivity contribution in [3.63, 3.8) is 0 Å². The number of hydrogen-bond acceptors (Lipinski definition) is 6. The molecule has 3 rings (SSSR count). The van der Waals surface area contributed by atoms with Crippen LogP contribution >= 0.6 is 0 Å². The van der Waals surface area contributed by atoms with Crippen LogP contribution in [-0.2, 0) is 22.7 Å². The Morgan fingerprint density at radius 2 is 0.746 bits per heavy atom. The number of rotatable bonds is 32. The van der Waals surface area contributed by atoms with E-state index in [0.29, 0.717) is 42.8 Å². The molecular formula is C49H80N4O6. The zero-order valence-electron chi connectivity index (χ0n) is 37.8. The van der Waals surface area contributed by atoms with Gasteiger partial charge < -0.3 is 29.1 Å². The predicted molar refractivity (Wildman–Crippen MR) is 245 cm³/mol. The SMILES string of the molecule is CCCCCCCCN(CCCCCCCC)C(=O)Cn1cc(O)c(=O)c2cc3c(=O)c(O)cn(CC(=O)N(CCCCCCCC)CCCCCCCC)c3c(C)c21. The molecule has 3 aromatic rings. The fourth-order valence-corrected chi connectivity index (χ4v) is 8.50. The fraction of sp³-hybridized carbons (Fsp3) is 0.714. The molecule has 0 saturated carbocycles. The molecule has 0 bridgehead atoms. The maximum atomic E-state index is 14.2. The molecule has 0 radical (unpaired) electrons. The van der Waals surface area contributed by atoms with E-state index < -0.39 is 22.4 Å². The van der Waals surface area contributed by atoms with E-state index >= 15 is 0 Å². The minimum absolute atomic E-state index is 0.0886. The number of nitrogens with zero attached hydrogens (tertiary/aromatic N) is 4. The smallest absolute Gasteiger partial charge is 0.242 e. The molecule has 0 unspecified atom stereocenters. The van der Waals surface area contributed by atoms with Crippen molar-refractivity contribution in [2.45, 2.75) is 202 Å². The number of aryl methyl sites for hydroxylation is 1. The van der Waals surface area contributed by atoms with E-state index in [4.69, 9.17) is 0 Å². The highest BCUT2D eigenvalue weighted by molar-refractivity contribution is 6.00. The quantitative estimate of drug-likeness (QED) is 0.0477. The highest BCUT2D eigenvalue weighted by atomic mass is 16.3. The van der Waals surface area contributed by atoms with Gasteiger partial charge >= 0.3 is 0 Å². The van der Waals surface area contributed by atoms with Crippen molar-refractivity contribution >= 4 is 33.6 Å². The Morgan fingerprint density at radius 3 is 1.03 bits per heavy atom. The molecule has 0 atom stereocenters. The Morgan fingerprint density at radius 1 is 0.475 bits per heavy atom. The van der Waals surface area contributed by atoms with Crippen LogP contribution in [0.3, 0.4) is 0 Å². The van der Waals surface area contributed by atoms with Gasteiger partial charge in [-0.25, -0.2) is 0 Å². The third kappa shape index (κ3) is 15.9. The Kier molecular flexibility index (Phi) is 23.4. The van der Waals surface area contributed by atoms with Gasteiger partial charge in [0.05, 0.1) is 34.2 Å². The third-order valence-corrected chi connectivity index (χ3v) is 12.0. The summed E-state index contributed by atoms with van der Waals surface area (Å²) in [5.41, 5.74) is 0.0763. The molecule has 2 heterocycles. The largest absolute Gasteiger partial charge is 0.503 e. The molecule has 59 heavy (non-hydrogen) atoms. The molecule has 0 aliphatic heterocycles. The molecular weight excluding hydrogens is 741 g/mol. The van der Waals surface area contributed by atoms with Gasteiger partial charge in [0.2, 0.25) is 22.7 Å². The number of benzene rings is 1. The van der Waals surface area contributed by atoms with E-state index in [1.807, 2.05) is 9.80 Å². The summed E-state index contributed by atoms with van der Waals surface area (Å²) in [6, 6.07) is 1.42. The second-order valence-corrected chi connectivity index (χ2v) is 17.1. The normalized spacial score (nSPS) is 11.5. The lowest BCUT2D eigenvalue weighted by atomic mass is 10.0. The zero-order valence-corrected chi connectivity index (χ0v) is 37.8. The Bertz CT molecular complexity index is 1670. The number of aromatic nitrogens is 2. The van der Waals surface area contributed by atoms with Crippen molar-refractivity contribution in [3.8, 4) is 11.5 Å². The summed E-state index contributed by atoms with van der Waals surface area (Å²) in [6.07, 6.45) is 29.5. The van der Waals surface area contributed by atoms with Gasteiger partial charge in [0.15, 0.2) is 11.5 Å². The number of hydrogen-bond donors (Lipinski definition) is 2. The van der Waals surface area contributed by atoms with E-state index in [9.17, 15) is 29.4 Å². The zero-order chi connectivity index (χ0) is 43.0. The predicted octanol–water partition coefficient (Wildman–Crippen LogP) is 11.1. The summed E-state index contributed by atoms with van der Waals surface area (Å²) in [5.74, 6) is -1.21. The molecule has 0 aliphatic rings. The number of unbranched alkanes of at least 4 members (excludes halogenated alkanes) is 20. The van der Waals surface area contributed by atoms with Crippen molar-refractivity contribution in [2.24, 2.45) is 0 Å². The number of fused-ring (bicyclic) bond motifs is 2. The van der Waals surface area contributed by atoms with Crippen molar-refractivity contribution < 1.29 is 19.8 Å². The summed E-state index contributed by atoms with van der Waals surface area (Å²) in [5, 5.41) is 21.9. The maximum absolute atomic E-state index is 14.2. The first-order valence-corrected chi connectivity index (χ1v) is 23.8. The molecule has 1 aromatic carbocycles. The van der Waals surface area contributed by atoms with Gasteiger partial charge in [0.25, 0.3) is 0 Å². The first-order chi connectivity index (χ1) is 28.6. The van der Waals surface area contributed by atoms with Gasteiger partial charge in [-0.3, -0.25) is 19.2 Å². The summed E-state index contributed by atoms with van der Waals surface area (Å²) >= 11 is 0. The summed E-state index contributed by atoms with van der Waals surface area (Å²) in [6.45, 7) is 13.0. The third-order valence-electron chi connectivity index (χ3n) is 12.0. The van der Waals surface area contributed by atoms with Gasteiger partial charge in [0, 0.05) is 26.2 Å². The van der Waals surface area contributed by atoms with Crippen molar-refractivity contribution in [1.82, 2.24) is 18.9 Å². The lowest BCUT2D eigenvalue weighted by Gasteiger charge is -2.25. The van der Waals surface area contributed by atoms with Crippen molar-refractivity contribution in [1.29, 1.82) is 0 Å². The molecule has 0 spiro atoms. The van der Waals surface area contributed by atoms with Crippen LogP contribution in [-0.4, -0.2) is 67.1 Å². The highest BCUT2D eigenvalue weighted by Crippen LogP contribution is 2.28. The molecule has 10 heteroatoms. The summed E-state index contributed by atoms with van der Waals surface area (Å²) in [7, 11) is 0. The standard InChI is InChI=1S/C49H80N4O6/c1-6-10-14-18-22-26-30-50(31-27-23-19-15-11-7-2)44(56)37-52-35-42(54)48(58)40-34-41-47(39(5)46(40)52)53(36-43(55)49(41)59)38-45(57)51(32-28-24-20-16-12-8-3)33-29-25-21-17-13-9-4/h34-36,54-55H,6-33,37-38H2,1-5H3. The Labute approximate surface area is 355 Å². The van der Waals surface area contributed by atoms with Gasteiger partial charge in [-0.1, -0.05) is 156 Å². The number of pyridine rings is 2. The van der Waals surface area contributed by atoms with Gasteiger partial charge in [-0.2, -0.15) is 0 Å². The molecule has 2 N–H and O–H groups in total. The van der Waals surface area contributed by atoms with Crippen LogP contribution in [0.15, 0.2) is 28.0 Å². The topological polar surface area (TPSA) is 125 Å². The van der Waals surface area contributed by atoms with Crippen LogP contribution in [0.2, 0.25) is 0 Å². The number of carbonyl (C=O) groups is 2. The lowest BCUT2D eigenvalue weighted by Crippen LogP contribution is -2.36. The Balaban J connectivity index is 1.99. The van der Waals surface area contributed by atoms with E-state index in [2.05, 4.69) is 27.7 Å². The molecule has 10 nitrogen and oxygen atoms in total. The molecule has 2 amide bonds.